The van der Waals surface area contributed by atoms with Gasteiger partial charge < -0.3 is 10.2 Å². The van der Waals surface area contributed by atoms with Crippen molar-refractivity contribution in [1.82, 2.24) is 14.9 Å². The Kier molecular flexibility index (Phi) is 2.84. The largest absolute Gasteiger partial charge is 0.434 e. The van der Waals surface area contributed by atoms with Gasteiger partial charge in [-0.2, -0.15) is 13.2 Å². The smallest absolute Gasteiger partial charge is 0.346 e. The predicted molar refractivity (Wildman–Crippen MR) is 63.5 cm³/mol. The van der Waals surface area contributed by atoms with E-state index in [0.29, 0.717) is 6.20 Å². The van der Waals surface area contributed by atoms with E-state index < -0.39 is 17.5 Å². The average molecular weight is 286 g/mol. The van der Waals surface area contributed by atoms with Gasteiger partial charge in [-0.3, -0.25) is 4.79 Å². The molecule has 2 aliphatic heterocycles. The molecule has 3 rings (SSSR count). The molecule has 8 heteroatoms. The summed E-state index contributed by atoms with van der Waals surface area (Å²) in [6.45, 7) is 0. The number of amides is 1. The molecule has 0 radical (unpaired) electrons. The van der Waals surface area contributed by atoms with E-state index in [9.17, 15) is 18.0 Å². The predicted octanol–water partition coefficient (Wildman–Crippen LogP) is 2.02. The van der Waals surface area contributed by atoms with Crippen LogP contribution in [0.3, 0.4) is 0 Å². The quantitative estimate of drug-likeness (QED) is 0.864. The lowest BCUT2D eigenvalue weighted by Crippen LogP contribution is -2.47. The van der Waals surface area contributed by atoms with E-state index in [1.165, 1.54) is 0 Å². The monoisotopic (exact) mass is 286 g/mol. The van der Waals surface area contributed by atoms with E-state index in [4.69, 9.17) is 0 Å². The Bertz CT molecular complexity index is 508. The van der Waals surface area contributed by atoms with Crippen LogP contribution in [0.2, 0.25) is 0 Å². The second-order valence-corrected chi connectivity index (χ2v) is 5.19. The first kappa shape index (κ1) is 13.1. The van der Waals surface area contributed by atoms with Crippen LogP contribution in [-0.4, -0.2) is 33.0 Å². The lowest BCUT2D eigenvalue weighted by molar-refractivity contribution is -0.141. The Labute approximate surface area is 113 Å². The van der Waals surface area contributed by atoms with Crippen molar-refractivity contribution in [2.75, 3.05) is 5.32 Å². The van der Waals surface area contributed by atoms with E-state index in [-0.39, 0.29) is 11.9 Å². The number of carbonyl (C=O) groups excluding carboxylic acids is 1. The fourth-order valence-electron chi connectivity index (χ4n) is 3.12. The molecule has 5 nitrogen and oxygen atoms in total. The van der Waals surface area contributed by atoms with Gasteiger partial charge in [0.2, 0.25) is 6.41 Å². The molecule has 0 aromatic carbocycles. The molecule has 3 heterocycles. The van der Waals surface area contributed by atoms with Gasteiger partial charge in [0.25, 0.3) is 0 Å². The van der Waals surface area contributed by atoms with Crippen LogP contribution in [0.1, 0.15) is 31.4 Å². The normalized spacial score (nSPS) is 28.8. The lowest BCUT2D eigenvalue weighted by atomic mass is 9.95. The molecule has 1 aromatic rings. The first-order valence-electron chi connectivity index (χ1n) is 6.36. The highest BCUT2D eigenvalue weighted by Crippen LogP contribution is 2.45. The van der Waals surface area contributed by atoms with Crippen molar-refractivity contribution in [3.8, 4) is 0 Å². The van der Waals surface area contributed by atoms with Crippen LogP contribution >= 0.6 is 0 Å². The minimum Gasteiger partial charge on any atom is -0.346 e. The fraction of sp³-hybridized carbons (Fsp3) is 0.583. The fourth-order valence-corrected chi connectivity index (χ4v) is 3.12. The second-order valence-electron chi connectivity index (χ2n) is 5.19. The number of alkyl halides is 3. The van der Waals surface area contributed by atoms with Crippen LogP contribution in [-0.2, 0) is 11.0 Å². The van der Waals surface area contributed by atoms with Gasteiger partial charge in [-0.25, -0.2) is 9.97 Å². The molecule has 108 valence electrons. The zero-order valence-electron chi connectivity index (χ0n) is 10.5. The number of aromatic nitrogens is 2. The van der Waals surface area contributed by atoms with Crippen LogP contribution in [0.15, 0.2) is 12.4 Å². The number of halogens is 3. The van der Waals surface area contributed by atoms with Crippen LogP contribution in [0.25, 0.3) is 0 Å². The summed E-state index contributed by atoms with van der Waals surface area (Å²) in [6.07, 6.45) is 1.43. The molecule has 1 N–H and O–H groups in total. The summed E-state index contributed by atoms with van der Waals surface area (Å²) in [6, 6.07) is 0.224. The molecule has 0 unspecified atom stereocenters. The topological polar surface area (TPSA) is 58.1 Å². The van der Waals surface area contributed by atoms with Gasteiger partial charge in [0, 0.05) is 6.04 Å². The number of hydrogen-bond acceptors (Lipinski definition) is 4. The zero-order valence-corrected chi connectivity index (χ0v) is 10.5. The molecule has 0 saturated carbocycles. The van der Waals surface area contributed by atoms with Gasteiger partial charge in [-0.05, 0) is 25.7 Å². The van der Waals surface area contributed by atoms with E-state index in [0.717, 1.165) is 38.3 Å². The van der Waals surface area contributed by atoms with E-state index in [2.05, 4.69) is 15.3 Å². The Morgan fingerprint density at radius 1 is 1.30 bits per heavy atom. The maximum absolute atomic E-state index is 12.4. The summed E-state index contributed by atoms with van der Waals surface area (Å²) in [5.41, 5.74) is -1.54. The molecule has 0 aliphatic carbocycles. The third-order valence-electron chi connectivity index (χ3n) is 4.09. The molecule has 2 aliphatic rings. The average Bonchev–Trinajstić information content (AvgIpc) is 2.91. The molecule has 2 saturated heterocycles. The minimum absolute atomic E-state index is 0.224. The summed E-state index contributed by atoms with van der Waals surface area (Å²) in [4.78, 5) is 20.0. The van der Waals surface area contributed by atoms with Crippen molar-refractivity contribution in [3.05, 3.63) is 18.1 Å². The Morgan fingerprint density at radius 3 is 2.50 bits per heavy atom. The maximum Gasteiger partial charge on any atom is 0.434 e. The minimum atomic E-state index is -4.50. The van der Waals surface area contributed by atoms with Crippen LogP contribution in [0.5, 0.6) is 0 Å². The number of nitrogens with zero attached hydrogens (tertiary/aromatic N) is 3. The summed E-state index contributed by atoms with van der Waals surface area (Å²) in [7, 11) is 0. The van der Waals surface area contributed by atoms with Gasteiger partial charge in [0.15, 0.2) is 5.69 Å². The van der Waals surface area contributed by atoms with Gasteiger partial charge in [0.1, 0.15) is 11.5 Å². The highest BCUT2D eigenvalue weighted by molar-refractivity contribution is 5.54. The lowest BCUT2D eigenvalue weighted by Gasteiger charge is -2.33. The summed E-state index contributed by atoms with van der Waals surface area (Å²) >= 11 is 0. The molecule has 2 fully saturated rings. The number of nitrogens with one attached hydrogen (secondary N) is 1. The second kappa shape index (κ2) is 4.32. The van der Waals surface area contributed by atoms with Crippen molar-refractivity contribution in [2.45, 2.75) is 43.6 Å². The van der Waals surface area contributed by atoms with Gasteiger partial charge in [0.05, 0.1) is 12.4 Å². The number of carbonyl (C=O) groups is 1. The number of fused-ring (bicyclic) bond motifs is 2. The Balaban J connectivity index is 1.80. The zero-order chi connectivity index (χ0) is 14.4. The third-order valence-corrected chi connectivity index (χ3v) is 4.09. The van der Waals surface area contributed by atoms with Gasteiger partial charge >= 0.3 is 6.18 Å². The standard InChI is InChI=1S/C12H13F3N4O/c13-12(14,15)9-5-17-10(6-16-9)18-11-3-1-8(2-4-11)19(11)7-20/h5-8H,1-4H2,(H,17,18). The molecule has 1 aromatic heterocycles. The summed E-state index contributed by atoms with van der Waals surface area (Å²) < 4.78 is 37.2. The molecule has 0 spiro atoms. The Hall–Kier alpha value is -1.86. The number of hydrogen-bond donors (Lipinski definition) is 1. The molecular formula is C12H13F3N4O. The molecule has 0 atom stereocenters. The highest BCUT2D eigenvalue weighted by atomic mass is 19.4. The van der Waals surface area contributed by atoms with Crippen molar-refractivity contribution in [3.63, 3.8) is 0 Å². The highest BCUT2D eigenvalue weighted by Gasteiger charge is 2.51. The first-order chi connectivity index (χ1) is 9.44. The van der Waals surface area contributed by atoms with E-state index >= 15 is 0 Å². The Morgan fingerprint density at radius 2 is 2.00 bits per heavy atom. The number of rotatable bonds is 3. The van der Waals surface area contributed by atoms with Crippen LogP contribution in [0, 0.1) is 0 Å². The van der Waals surface area contributed by atoms with Crippen molar-refractivity contribution in [1.29, 1.82) is 0 Å². The van der Waals surface area contributed by atoms with Crippen LogP contribution in [0.4, 0.5) is 19.0 Å². The van der Waals surface area contributed by atoms with Gasteiger partial charge in [-0.15, -0.1) is 0 Å². The van der Waals surface area contributed by atoms with Crippen molar-refractivity contribution < 1.29 is 18.0 Å². The third kappa shape index (κ3) is 1.99. The SMILES string of the molecule is O=CN1C2CCC1(Nc1cnc(C(F)(F)F)cn1)CC2. The first-order valence-corrected chi connectivity index (χ1v) is 6.36. The van der Waals surface area contributed by atoms with E-state index in [1.807, 2.05) is 0 Å². The van der Waals surface area contributed by atoms with Crippen molar-refractivity contribution >= 4 is 12.2 Å². The molecule has 20 heavy (non-hydrogen) atoms. The molecule has 1 amide bonds. The number of anilines is 1. The van der Waals surface area contributed by atoms with E-state index in [1.54, 1.807) is 4.90 Å². The maximum atomic E-state index is 12.4. The van der Waals surface area contributed by atoms with Crippen LogP contribution < -0.4 is 5.32 Å². The van der Waals surface area contributed by atoms with Crippen molar-refractivity contribution in [2.24, 2.45) is 0 Å². The molecule has 2 bridgehead atoms. The summed E-state index contributed by atoms with van der Waals surface area (Å²) in [5, 5.41) is 3.08. The summed E-state index contributed by atoms with van der Waals surface area (Å²) in [5.74, 6) is 0.257. The molecular weight excluding hydrogens is 273 g/mol. The van der Waals surface area contributed by atoms with Gasteiger partial charge in [-0.1, -0.05) is 0 Å².